The molecule has 9 rings (SSSR count). The number of rotatable bonds is 12. The summed E-state index contributed by atoms with van der Waals surface area (Å²) in [6, 6.07) is 73.4. The zero-order valence-corrected chi connectivity index (χ0v) is 41.2. The van der Waals surface area contributed by atoms with Crippen molar-refractivity contribution in [2.75, 3.05) is 14.2 Å². The second-order valence-corrected chi connectivity index (χ2v) is 17.1. The van der Waals surface area contributed by atoms with Crippen LogP contribution in [-0.4, -0.2) is 14.2 Å². The molecule has 9 aromatic carbocycles. The second-order valence-electron chi connectivity index (χ2n) is 17.1. The largest absolute Gasteiger partial charge is 0.497 e. The Kier molecular flexibility index (Phi) is 19.2. The standard InChI is InChI=1S/C20H18O2.2C15H16O.C14H14O/c1-15-6-8-17(9-7-15)21-18-10-12-19(13-11-18)22-20-5-3-4-16(2)14-20;1-12-3-5-13(6-4-12)11-14-7-9-15(16-2)10-8-14;1-12-5-3-6-13(9-12)10-14-7-4-8-15(11-14)16-2;1-11-6-8-13(9-7-11)15-14-5-3-4-12(2)10-14/h3-14H,1-2H3;3-10H,11H2,1-2H3;3-9,11H,10H2,1-2H3;3-10H,1-2H3. The van der Waals surface area contributed by atoms with Gasteiger partial charge in [-0.15, -0.1) is 0 Å². The maximum atomic E-state index is 5.82. The molecule has 0 spiro atoms. The minimum absolute atomic E-state index is 0.792. The number of ether oxygens (including phenoxy) is 5. The predicted octanol–water partition coefficient (Wildman–Crippen LogP) is 17.2. The Morgan fingerprint density at radius 2 is 0.536 bits per heavy atom. The van der Waals surface area contributed by atoms with E-state index in [2.05, 4.69) is 113 Å². The van der Waals surface area contributed by atoms with E-state index in [0.29, 0.717) is 0 Å². The first kappa shape index (κ1) is 50.4. The van der Waals surface area contributed by atoms with Crippen LogP contribution >= 0.6 is 0 Å². The third-order valence-corrected chi connectivity index (χ3v) is 10.9. The summed E-state index contributed by atoms with van der Waals surface area (Å²) in [6.45, 7) is 12.5. The zero-order chi connectivity index (χ0) is 48.8. The van der Waals surface area contributed by atoms with Crippen LogP contribution < -0.4 is 23.7 Å². The lowest BCUT2D eigenvalue weighted by Gasteiger charge is -2.09. The lowest BCUT2D eigenvalue weighted by molar-refractivity contribution is 0.414. The zero-order valence-electron chi connectivity index (χ0n) is 41.2. The van der Waals surface area contributed by atoms with Gasteiger partial charge in [0, 0.05) is 0 Å². The first-order valence-electron chi connectivity index (χ1n) is 23.3. The molecule has 0 fully saturated rings. The van der Waals surface area contributed by atoms with Crippen LogP contribution in [0.1, 0.15) is 55.6 Å². The second kappa shape index (κ2) is 26.4. The van der Waals surface area contributed by atoms with Crippen molar-refractivity contribution in [3.63, 3.8) is 0 Å². The molecule has 5 nitrogen and oxygen atoms in total. The molecule has 0 radical (unpaired) electrons. The maximum absolute atomic E-state index is 5.82. The van der Waals surface area contributed by atoms with E-state index in [4.69, 9.17) is 23.7 Å². The maximum Gasteiger partial charge on any atom is 0.127 e. The van der Waals surface area contributed by atoms with E-state index in [1.54, 1.807) is 14.2 Å². The van der Waals surface area contributed by atoms with E-state index in [0.717, 1.165) is 58.8 Å². The molecule has 0 atom stereocenters. The number of hydrogen-bond donors (Lipinski definition) is 0. The fourth-order valence-corrected chi connectivity index (χ4v) is 7.08. The van der Waals surface area contributed by atoms with Gasteiger partial charge in [0.15, 0.2) is 0 Å². The highest BCUT2D eigenvalue weighted by Crippen LogP contribution is 2.28. The molecule has 0 saturated heterocycles. The normalized spacial score (nSPS) is 10.1. The van der Waals surface area contributed by atoms with E-state index in [1.807, 2.05) is 146 Å². The van der Waals surface area contributed by atoms with Gasteiger partial charge in [-0.1, -0.05) is 144 Å². The first-order valence-corrected chi connectivity index (χ1v) is 23.3. The van der Waals surface area contributed by atoms with Crippen molar-refractivity contribution >= 4 is 0 Å². The fraction of sp³-hybridized carbons (Fsp3) is 0.156. The number of aryl methyl sites for hydroxylation is 6. The highest BCUT2D eigenvalue weighted by Gasteiger charge is 2.03. The van der Waals surface area contributed by atoms with Crippen molar-refractivity contribution in [2.45, 2.75) is 54.4 Å². The molecule has 69 heavy (non-hydrogen) atoms. The van der Waals surface area contributed by atoms with E-state index in [-0.39, 0.29) is 0 Å². The molecule has 0 aromatic heterocycles. The lowest BCUT2D eigenvalue weighted by Crippen LogP contribution is -1.90. The van der Waals surface area contributed by atoms with Gasteiger partial charge >= 0.3 is 0 Å². The van der Waals surface area contributed by atoms with E-state index < -0.39 is 0 Å². The van der Waals surface area contributed by atoms with E-state index in [1.165, 1.54) is 55.6 Å². The fourth-order valence-electron chi connectivity index (χ4n) is 7.08. The van der Waals surface area contributed by atoms with Crippen molar-refractivity contribution in [2.24, 2.45) is 0 Å². The Bertz CT molecular complexity index is 2900. The topological polar surface area (TPSA) is 46.2 Å². The summed E-state index contributed by atoms with van der Waals surface area (Å²) in [5.74, 6) is 6.86. The minimum atomic E-state index is 0.792. The molecule has 0 N–H and O–H groups in total. The molecule has 0 saturated carbocycles. The van der Waals surface area contributed by atoms with Crippen molar-refractivity contribution in [1.82, 2.24) is 0 Å². The van der Waals surface area contributed by atoms with E-state index >= 15 is 0 Å². The Morgan fingerprint density at radius 1 is 0.232 bits per heavy atom. The highest BCUT2D eigenvalue weighted by molar-refractivity contribution is 5.40. The molecule has 350 valence electrons. The van der Waals surface area contributed by atoms with Crippen LogP contribution in [0.4, 0.5) is 0 Å². The third kappa shape index (κ3) is 18.0. The Labute approximate surface area is 410 Å². The molecule has 0 unspecified atom stereocenters. The van der Waals surface area contributed by atoms with E-state index in [9.17, 15) is 0 Å². The molecule has 5 heteroatoms. The van der Waals surface area contributed by atoms with Crippen LogP contribution in [-0.2, 0) is 12.8 Å². The van der Waals surface area contributed by atoms with Gasteiger partial charge in [0.25, 0.3) is 0 Å². The third-order valence-electron chi connectivity index (χ3n) is 10.9. The molecule has 0 aliphatic heterocycles. The monoisotopic (exact) mass is 912 g/mol. The average molecular weight is 913 g/mol. The van der Waals surface area contributed by atoms with Gasteiger partial charge < -0.3 is 23.7 Å². The molecule has 0 amide bonds. The van der Waals surface area contributed by atoms with Crippen LogP contribution in [0.25, 0.3) is 0 Å². The van der Waals surface area contributed by atoms with Gasteiger partial charge in [0.05, 0.1) is 14.2 Å². The van der Waals surface area contributed by atoms with Crippen LogP contribution in [0, 0.1) is 41.5 Å². The van der Waals surface area contributed by atoms with Crippen LogP contribution in [0.2, 0.25) is 0 Å². The van der Waals surface area contributed by atoms with Crippen molar-refractivity contribution in [1.29, 1.82) is 0 Å². The van der Waals surface area contributed by atoms with Gasteiger partial charge in [0.2, 0.25) is 0 Å². The Balaban J connectivity index is 0.000000153. The molecular formula is C64H64O5. The Morgan fingerprint density at radius 3 is 0.957 bits per heavy atom. The summed E-state index contributed by atoms with van der Waals surface area (Å²) < 4.78 is 27.7. The van der Waals surface area contributed by atoms with Crippen LogP contribution in [0.15, 0.2) is 218 Å². The average Bonchev–Trinajstić information content (AvgIpc) is 3.35. The molecular weight excluding hydrogens is 849 g/mol. The number of hydrogen-bond acceptors (Lipinski definition) is 5. The quantitative estimate of drug-likeness (QED) is 0.122. The van der Waals surface area contributed by atoms with Crippen LogP contribution in [0.3, 0.4) is 0 Å². The van der Waals surface area contributed by atoms with Crippen molar-refractivity contribution in [3.8, 4) is 46.0 Å². The molecule has 0 bridgehead atoms. The number of methoxy groups -OCH3 is 2. The summed E-state index contributed by atoms with van der Waals surface area (Å²) in [7, 11) is 3.39. The molecule has 0 aliphatic rings. The Hall–Kier alpha value is -8.02. The molecule has 9 aromatic rings. The number of benzene rings is 9. The predicted molar refractivity (Wildman–Crippen MR) is 285 cm³/mol. The molecule has 0 aliphatic carbocycles. The summed E-state index contributed by atoms with van der Waals surface area (Å²) in [5.41, 5.74) is 12.7. The van der Waals surface area contributed by atoms with Crippen LogP contribution in [0.5, 0.6) is 46.0 Å². The van der Waals surface area contributed by atoms with Gasteiger partial charge in [0.1, 0.15) is 46.0 Å². The lowest BCUT2D eigenvalue weighted by atomic mass is 10.0. The summed E-state index contributed by atoms with van der Waals surface area (Å²) >= 11 is 0. The molecule has 0 heterocycles. The highest BCUT2D eigenvalue weighted by atomic mass is 16.5. The first-order chi connectivity index (χ1) is 33.5. The summed E-state index contributed by atoms with van der Waals surface area (Å²) in [6.07, 6.45) is 1.93. The van der Waals surface area contributed by atoms with Crippen molar-refractivity contribution < 1.29 is 23.7 Å². The SMILES string of the molecule is COc1ccc(Cc2ccc(C)cc2)cc1.COc1cccc(Cc2cccc(C)c2)c1.Cc1ccc(Oc2ccc(Oc3cccc(C)c3)cc2)cc1.Cc1ccc(Oc2cccc(C)c2)cc1. The van der Waals surface area contributed by atoms with Crippen molar-refractivity contribution in [3.05, 3.63) is 274 Å². The smallest absolute Gasteiger partial charge is 0.127 e. The summed E-state index contributed by atoms with van der Waals surface area (Å²) in [4.78, 5) is 0. The summed E-state index contributed by atoms with van der Waals surface area (Å²) in [5, 5.41) is 0. The van der Waals surface area contributed by atoms with Gasteiger partial charge in [-0.05, 0) is 185 Å². The van der Waals surface area contributed by atoms with Gasteiger partial charge in [-0.3, -0.25) is 0 Å². The van der Waals surface area contributed by atoms with Gasteiger partial charge in [-0.2, -0.15) is 0 Å². The minimum Gasteiger partial charge on any atom is -0.497 e. The van der Waals surface area contributed by atoms with Gasteiger partial charge in [-0.25, -0.2) is 0 Å².